The second-order valence-corrected chi connectivity index (χ2v) is 4.79. The van der Waals surface area contributed by atoms with Gasteiger partial charge < -0.3 is 9.67 Å². The average molecular weight is 251 g/mol. The number of aromatic hydroxyl groups is 1. The van der Waals surface area contributed by atoms with Crippen LogP contribution in [0, 0.1) is 0 Å². The second kappa shape index (κ2) is 7.24. The number of unbranched alkanes of at least 4 members (excludes halogenated alkanes) is 2. The quantitative estimate of drug-likeness (QED) is 0.752. The minimum Gasteiger partial charge on any atom is -0.503 e. The highest BCUT2D eigenvalue weighted by Gasteiger charge is 2.14. The van der Waals surface area contributed by atoms with Gasteiger partial charge in [-0.1, -0.05) is 40.0 Å². The zero-order valence-corrected chi connectivity index (χ0v) is 11.8. The molecule has 1 atom stereocenters. The van der Waals surface area contributed by atoms with Crippen LogP contribution in [-0.2, 0) is 6.42 Å². The first kappa shape index (κ1) is 14.8. The largest absolute Gasteiger partial charge is 0.503 e. The smallest absolute Gasteiger partial charge is 0.223 e. The molecule has 0 aliphatic heterocycles. The summed E-state index contributed by atoms with van der Waals surface area (Å²) in [7, 11) is 0. The lowest BCUT2D eigenvalue weighted by Crippen LogP contribution is -2.17. The van der Waals surface area contributed by atoms with E-state index in [0.29, 0.717) is 12.5 Å². The highest BCUT2D eigenvalue weighted by atomic mass is 16.3. The summed E-state index contributed by atoms with van der Waals surface area (Å²) in [5, 5.41) is 9.86. The van der Waals surface area contributed by atoms with Gasteiger partial charge in [0, 0.05) is 18.3 Å². The molecule has 1 aromatic heterocycles. The van der Waals surface area contributed by atoms with Crippen molar-refractivity contribution in [2.24, 2.45) is 0 Å². The summed E-state index contributed by atoms with van der Waals surface area (Å²) < 4.78 is 2.09. The van der Waals surface area contributed by atoms with Crippen molar-refractivity contribution in [1.82, 2.24) is 4.57 Å². The van der Waals surface area contributed by atoms with Gasteiger partial charge in [0.05, 0.1) is 5.69 Å². The minimum absolute atomic E-state index is 0.0751. The van der Waals surface area contributed by atoms with Gasteiger partial charge in [-0.25, -0.2) is 0 Å². The third-order valence-electron chi connectivity index (χ3n) is 3.55. The summed E-state index contributed by atoms with van der Waals surface area (Å²) in [6.45, 7) is 6.33. The highest BCUT2D eigenvalue weighted by molar-refractivity contribution is 5.27. The molecule has 0 bridgehead atoms. The molecule has 1 heterocycles. The summed E-state index contributed by atoms with van der Waals surface area (Å²) >= 11 is 0. The zero-order valence-electron chi connectivity index (χ0n) is 11.8. The molecule has 1 aromatic rings. The Balaban J connectivity index is 2.98. The number of aromatic nitrogens is 1. The molecule has 102 valence electrons. The summed E-state index contributed by atoms with van der Waals surface area (Å²) in [6, 6.07) is 1.86. The fraction of sp³-hybridized carbons (Fsp3) is 0.667. The van der Waals surface area contributed by atoms with Gasteiger partial charge in [0.2, 0.25) is 5.43 Å². The van der Waals surface area contributed by atoms with Crippen LogP contribution in [0.1, 0.15) is 64.6 Å². The Labute approximate surface area is 109 Å². The summed E-state index contributed by atoms with van der Waals surface area (Å²) in [4.78, 5) is 11.5. The van der Waals surface area contributed by atoms with E-state index >= 15 is 0 Å². The predicted molar refractivity (Wildman–Crippen MR) is 75.2 cm³/mol. The van der Waals surface area contributed by atoms with Crippen LogP contribution in [0.15, 0.2) is 17.1 Å². The molecule has 0 saturated heterocycles. The van der Waals surface area contributed by atoms with E-state index < -0.39 is 0 Å². The maximum Gasteiger partial charge on any atom is 0.223 e. The van der Waals surface area contributed by atoms with E-state index in [1.54, 1.807) is 0 Å². The van der Waals surface area contributed by atoms with E-state index in [1.807, 2.05) is 13.1 Å². The van der Waals surface area contributed by atoms with Crippen molar-refractivity contribution in [3.05, 3.63) is 28.2 Å². The fourth-order valence-electron chi connectivity index (χ4n) is 2.44. The molecule has 3 heteroatoms. The fourth-order valence-corrected chi connectivity index (χ4v) is 2.44. The zero-order chi connectivity index (χ0) is 13.5. The normalized spacial score (nSPS) is 12.6. The van der Waals surface area contributed by atoms with E-state index in [0.717, 1.165) is 18.5 Å². The van der Waals surface area contributed by atoms with E-state index in [-0.39, 0.29) is 11.2 Å². The van der Waals surface area contributed by atoms with Crippen molar-refractivity contribution in [3.8, 4) is 5.75 Å². The molecule has 1 unspecified atom stereocenters. The predicted octanol–water partition coefficient (Wildman–Crippen LogP) is 3.65. The number of rotatable bonds is 7. The van der Waals surface area contributed by atoms with Crippen LogP contribution in [0.2, 0.25) is 0 Å². The van der Waals surface area contributed by atoms with E-state index in [1.165, 1.54) is 25.3 Å². The third kappa shape index (κ3) is 3.37. The summed E-state index contributed by atoms with van der Waals surface area (Å²) in [5.41, 5.74) is 0.498. The lowest BCUT2D eigenvalue weighted by Gasteiger charge is -2.23. The van der Waals surface area contributed by atoms with Gasteiger partial charge in [0.15, 0.2) is 5.75 Å². The molecule has 0 aromatic carbocycles. The first-order valence-corrected chi connectivity index (χ1v) is 7.08. The lowest BCUT2D eigenvalue weighted by molar-refractivity contribution is 0.395. The monoisotopic (exact) mass is 251 g/mol. The van der Waals surface area contributed by atoms with Crippen molar-refractivity contribution in [2.75, 3.05) is 0 Å². The summed E-state index contributed by atoms with van der Waals surface area (Å²) in [6.07, 6.45) is 8.31. The number of nitrogens with zero attached hydrogens (tertiary/aromatic N) is 1. The van der Waals surface area contributed by atoms with Crippen molar-refractivity contribution in [1.29, 1.82) is 0 Å². The molecule has 0 amide bonds. The van der Waals surface area contributed by atoms with Gasteiger partial charge in [-0.15, -0.1) is 0 Å². The van der Waals surface area contributed by atoms with Crippen molar-refractivity contribution in [2.45, 2.75) is 65.3 Å². The average Bonchev–Trinajstić information content (AvgIpc) is 2.38. The van der Waals surface area contributed by atoms with Crippen LogP contribution in [0.4, 0.5) is 0 Å². The van der Waals surface area contributed by atoms with Crippen LogP contribution in [0.5, 0.6) is 5.75 Å². The van der Waals surface area contributed by atoms with Crippen LogP contribution in [0.25, 0.3) is 0 Å². The molecule has 0 aliphatic carbocycles. The van der Waals surface area contributed by atoms with Crippen molar-refractivity contribution in [3.63, 3.8) is 0 Å². The Kier molecular flexibility index (Phi) is 5.96. The Hall–Kier alpha value is -1.25. The SMILES string of the molecule is CCCCCC(CC)n1ccc(=O)c(O)c1CC. The molecule has 0 spiro atoms. The van der Waals surface area contributed by atoms with Gasteiger partial charge in [0.25, 0.3) is 0 Å². The van der Waals surface area contributed by atoms with Gasteiger partial charge in [-0.3, -0.25) is 4.79 Å². The topological polar surface area (TPSA) is 42.2 Å². The van der Waals surface area contributed by atoms with Crippen LogP contribution in [-0.4, -0.2) is 9.67 Å². The molecular weight excluding hydrogens is 226 g/mol. The van der Waals surface area contributed by atoms with Gasteiger partial charge in [-0.2, -0.15) is 0 Å². The van der Waals surface area contributed by atoms with Gasteiger partial charge in [-0.05, 0) is 19.3 Å². The number of pyridine rings is 1. The number of hydrogen-bond donors (Lipinski definition) is 1. The molecule has 0 aliphatic rings. The van der Waals surface area contributed by atoms with E-state index in [9.17, 15) is 9.90 Å². The first-order valence-electron chi connectivity index (χ1n) is 7.08. The maximum atomic E-state index is 11.5. The molecule has 1 N–H and O–H groups in total. The molecule has 1 rings (SSSR count). The first-order chi connectivity index (χ1) is 8.65. The molecule has 3 nitrogen and oxygen atoms in total. The minimum atomic E-state index is -0.272. The lowest BCUT2D eigenvalue weighted by atomic mass is 10.0. The Morgan fingerprint density at radius 3 is 2.56 bits per heavy atom. The molecule has 0 radical (unpaired) electrons. The molecule has 18 heavy (non-hydrogen) atoms. The van der Waals surface area contributed by atoms with Crippen molar-refractivity contribution < 1.29 is 5.11 Å². The Morgan fingerprint density at radius 1 is 1.28 bits per heavy atom. The van der Waals surface area contributed by atoms with Crippen LogP contribution >= 0.6 is 0 Å². The van der Waals surface area contributed by atoms with E-state index in [2.05, 4.69) is 18.4 Å². The van der Waals surface area contributed by atoms with Crippen molar-refractivity contribution >= 4 is 0 Å². The van der Waals surface area contributed by atoms with Crippen LogP contribution < -0.4 is 5.43 Å². The molecule has 0 fully saturated rings. The third-order valence-corrected chi connectivity index (χ3v) is 3.55. The molecular formula is C15H25NO2. The standard InChI is InChI=1S/C15H25NO2/c1-4-7-8-9-12(5-2)16-11-10-14(17)15(18)13(16)6-3/h10-12,18H,4-9H2,1-3H3. The molecule has 0 saturated carbocycles. The summed E-state index contributed by atoms with van der Waals surface area (Å²) in [5.74, 6) is -0.0751. The Morgan fingerprint density at radius 2 is 2.00 bits per heavy atom. The maximum absolute atomic E-state index is 11.5. The van der Waals surface area contributed by atoms with E-state index in [4.69, 9.17) is 0 Å². The Bertz CT molecular complexity index is 423. The second-order valence-electron chi connectivity index (χ2n) is 4.79. The van der Waals surface area contributed by atoms with Gasteiger partial charge in [0.1, 0.15) is 0 Å². The van der Waals surface area contributed by atoms with Crippen LogP contribution in [0.3, 0.4) is 0 Å². The highest BCUT2D eigenvalue weighted by Crippen LogP contribution is 2.24. The van der Waals surface area contributed by atoms with Gasteiger partial charge >= 0.3 is 0 Å². The number of hydrogen-bond acceptors (Lipinski definition) is 2.